The van der Waals surface area contributed by atoms with E-state index in [0.29, 0.717) is 0 Å². The molecule has 2 unspecified atom stereocenters. The van der Waals surface area contributed by atoms with Crippen LogP contribution in [0.15, 0.2) is 30.3 Å². The zero-order chi connectivity index (χ0) is 19.8. The first-order chi connectivity index (χ1) is 11.7. The van der Waals surface area contributed by atoms with Gasteiger partial charge in [0, 0.05) is 0 Å². The molecule has 0 bridgehead atoms. The molecule has 0 amide bonds. The highest BCUT2D eigenvalue weighted by Crippen LogP contribution is 2.27. The molecule has 2 atom stereocenters. The predicted molar refractivity (Wildman–Crippen MR) is 113 cm³/mol. The molecule has 0 fully saturated rings. The fourth-order valence-electron chi connectivity index (χ4n) is 1.29. The molecule has 0 spiro atoms. The van der Waals surface area contributed by atoms with Crippen LogP contribution in [-0.4, -0.2) is 54.8 Å². The van der Waals surface area contributed by atoms with Gasteiger partial charge in [-0.15, -0.1) is 23.5 Å². The van der Waals surface area contributed by atoms with E-state index in [2.05, 4.69) is 4.74 Å². The standard InChI is InChI=1S/C10H12O2S.C4H7ClO2S.Al.3ClH/c1-12-10(11)9(13-2)8-6-4-3-5-7-8;1-7-4(6)3(5)8-2;;;;/h3-7,9H,1-2H3;3H,1-2H3;;3*1H/q;;+3;;;/p-3. The Kier molecular flexibility index (Phi) is 19.9. The Morgan fingerprint density at radius 3 is 1.68 bits per heavy atom. The molecule has 0 saturated carbocycles. The molecule has 0 N–H and O–H groups in total. The lowest BCUT2D eigenvalue weighted by Gasteiger charge is -2.11. The number of hydrogen-bond acceptors (Lipinski definition) is 6. The molecule has 1 rings (SSSR count). The minimum Gasteiger partial charge on any atom is -0.468 e. The number of alkyl halides is 1. The van der Waals surface area contributed by atoms with Crippen LogP contribution in [0, 0.1) is 0 Å². The first kappa shape index (κ1) is 27.8. The number of rotatable bonds is 5. The van der Waals surface area contributed by atoms with Crippen LogP contribution in [-0.2, 0) is 19.1 Å². The van der Waals surface area contributed by atoms with Gasteiger partial charge in [0.15, 0.2) is 4.71 Å². The summed E-state index contributed by atoms with van der Waals surface area (Å²) in [5.41, 5.74) is 0.988. The highest BCUT2D eigenvalue weighted by Gasteiger charge is 2.19. The minimum absolute atomic E-state index is 0.196. The van der Waals surface area contributed by atoms with Crippen LogP contribution < -0.4 is 0 Å². The fraction of sp³-hybridized carbons (Fsp3) is 0.429. The molecule has 11 heteroatoms. The normalized spacial score (nSPS) is 11.5. The number of ether oxygens (including phenoxy) is 2. The Hall–Kier alpha value is 0.552. The van der Waals surface area contributed by atoms with Crippen LogP contribution in [0.3, 0.4) is 0 Å². The lowest BCUT2D eigenvalue weighted by molar-refractivity contribution is -0.140. The second-order valence-corrected chi connectivity index (χ2v) is 12.9. The first-order valence-electron chi connectivity index (χ1n) is 6.57. The third kappa shape index (κ3) is 15.3. The van der Waals surface area contributed by atoms with Crippen molar-refractivity contribution in [3.63, 3.8) is 0 Å². The predicted octanol–water partition coefficient (Wildman–Crippen LogP) is 5.04. The molecule has 0 aliphatic heterocycles. The van der Waals surface area contributed by atoms with Gasteiger partial charge >= 0.3 is 23.3 Å². The Morgan fingerprint density at radius 1 is 0.960 bits per heavy atom. The van der Waals surface area contributed by atoms with Crippen LogP contribution in [0.5, 0.6) is 0 Å². The molecular formula is C14H19AlCl4O4S2. The summed E-state index contributed by atoms with van der Waals surface area (Å²) >= 11 is 6.41. The summed E-state index contributed by atoms with van der Waals surface area (Å²) in [6.45, 7) is 0. The molecule has 0 radical (unpaired) electrons. The van der Waals surface area contributed by atoms with Gasteiger partial charge < -0.3 is 9.47 Å². The molecule has 1 aromatic carbocycles. The van der Waals surface area contributed by atoms with Crippen molar-refractivity contribution >= 4 is 88.6 Å². The maximum absolute atomic E-state index is 11.3. The minimum atomic E-state index is -1.72. The van der Waals surface area contributed by atoms with Crippen LogP contribution in [0.4, 0.5) is 0 Å². The number of halogens is 4. The van der Waals surface area contributed by atoms with Crippen LogP contribution >= 0.6 is 65.3 Å². The summed E-state index contributed by atoms with van der Waals surface area (Å²) in [7, 11) is 17.6. The maximum atomic E-state index is 11.3. The summed E-state index contributed by atoms with van der Waals surface area (Å²) in [6.07, 6.45) is 3.64. The van der Waals surface area contributed by atoms with E-state index in [1.165, 1.54) is 37.7 Å². The van der Waals surface area contributed by atoms with E-state index in [1.54, 1.807) is 6.26 Å². The molecule has 142 valence electrons. The van der Waals surface area contributed by atoms with E-state index < -0.39 is 16.1 Å². The lowest BCUT2D eigenvalue weighted by Crippen LogP contribution is -2.11. The summed E-state index contributed by atoms with van der Waals surface area (Å²) < 4.78 is 8.45. The maximum Gasteiger partial charge on any atom is 0.643 e. The van der Waals surface area contributed by atoms with Gasteiger partial charge in [-0.25, -0.2) is 34.9 Å². The zero-order valence-electron chi connectivity index (χ0n) is 14.1. The lowest BCUT2D eigenvalue weighted by atomic mass is 10.1. The Bertz CT molecular complexity index is 480. The van der Waals surface area contributed by atoms with Crippen molar-refractivity contribution in [3.05, 3.63) is 35.9 Å². The molecule has 1 aromatic rings. The van der Waals surface area contributed by atoms with Gasteiger partial charge in [0.2, 0.25) is 0 Å². The van der Waals surface area contributed by atoms with Crippen LogP contribution in [0.25, 0.3) is 0 Å². The number of esters is 2. The van der Waals surface area contributed by atoms with E-state index in [1.807, 2.05) is 36.6 Å². The van der Waals surface area contributed by atoms with Crippen LogP contribution in [0.2, 0.25) is 0 Å². The van der Waals surface area contributed by atoms with E-state index in [0.717, 1.165) is 5.56 Å². The second-order valence-electron chi connectivity index (χ2n) is 3.87. The number of hydrogen-bond donors (Lipinski definition) is 0. The largest absolute Gasteiger partial charge is 0.643 e. The highest BCUT2D eigenvalue weighted by molar-refractivity contribution is 8.01. The number of benzene rings is 1. The number of thioether (sulfide) groups is 2. The summed E-state index contributed by atoms with van der Waals surface area (Å²) in [4.78, 5) is 21.7. The van der Waals surface area contributed by atoms with Gasteiger partial charge in [-0.3, -0.25) is 4.79 Å². The monoisotopic (exact) mass is 482 g/mol. The van der Waals surface area contributed by atoms with Crippen molar-refractivity contribution < 1.29 is 19.1 Å². The molecule has 25 heavy (non-hydrogen) atoms. The number of carbonyl (C=O) groups excluding carboxylic acids is 2. The van der Waals surface area contributed by atoms with Crippen LogP contribution in [0.1, 0.15) is 10.8 Å². The third-order valence-electron chi connectivity index (χ3n) is 2.35. The number of carbonyl (C=O) groups is 2. The zero-order valence-corrected chi connectivity index (χ0v) is 19.9. The van der Waals surface area contributed by atoms with E-state index in [9.17, 15) is 9.59 Å². The topological polar surface area (TPSA) is 52.6 Å². The average Bonchev–Trinajstić information content (AvgIpc) is 2.61. The van der Waals surface area contributed by atoms with Gasteiger partial charge in [-0.1, -0.05) is 41.9 Å². The van der Waals surface area contributed by atoms with E-state index in [4.69, 9.17) is 46.5 Å². The van der Waals surface area contributed by atoms with E-state index in [-0.39, 0.29) is 17.2 Å². The number of methoxy groups -OCH3 is 2. The summed E-state index contributed by atoms with van der Waals surface area (Å²) in [5.74, 6) is -0.585. The van der Waals surface area contributed by atoms with Gasteiger partial charge in [0.05, 0.1) is 14.2 Å². The summed E-state index contributed by atoms with van der Waals surface area (Å²) in [6, 6.07) is 9.62. The average molecular weight is 484 g/mol. The van der Waals surface area contributed by atoms with Crippen molar-refractivity contribution in [2.45, 2.75) is 9.96 Å². The van der Waals surface area contributed by atoms with Gasteiger partial charge in [0.25, 0.3) is 0 Å². The SMILES string of the molecule is COC(=O)C(Cl)SC.COC(=O)C(SC)c1ccccc1.[Cl][Al]([Cl])[Cl]. The fourth-order valence-corrected chi connectivity index (χ4v) is 2.39. The Labute approximate surface area is 179 Å². The van der Waals surface area contributed by atoms with Crippen molar-refractivity contribution in [3.8, 4) is 0 Å². The van der Waals surface area contributed by atoms with Gasteiger partial charge in [0.1, 0.15) is 5.25 Å². The first-order valence-corrected chi connectivity index (χ1v) is 14.8. The van der Waals surface area contributed by atoms with E-state index >= 15 is 0 Å². The van der Waals surface area contributed by atoms with Crippen molar-refractivity contribution in [1.82, 2.24) is 0 Å². The van der Waals surface area contributed by atoms with Gasteiger partial charge in [-0.05, 0) is 18.1 Å². The molecule has 0 aromatic heterocycles. The van der Waals surface area contributed by atoms with Crippen molar-refractivity contribution in [1.29, 1.82) is 0 Å². The Morgan fingerprint density at radius 2 is 1.40 bits per heavy atom. The third-order valence-corrected chi connectivity index (χ3v) is 4.60. The van der Waals surface area contributed by atoms with Gasteiger partial charge in [-0.2, -0.15) is 0 Å². The highest BCUT2D eigenvalue weighted by atomic mass is 35.8. The molecular weight excluding hydrogens is 465 g/mol. The van der Waals surface area contributed by atoms with Crippen molar-refractivity contribution in [2.75, 3.05) is 26.7 Å². The molecule has 0 aliphatic rings. The molecule has 4 nitrogen and oxygen atoms in total. The summed E-state index contributed by atoms with van der Waals surface area (Å²) in [5, 5.41) is -0.203. The smallest absolute Gasteiger partial charge is 0.468 e. The quantitative estimate of drug-likeness (QED) is 0.332. The van der Waals surface area contributed by atoms with Crippen molar-refractivity contribution in [2.24, 2.45) is 0 Å². The molecule has 0 aliphatic carbocycles. The molecule has 0 heterocycles. The Balaban J connectivity index is 0. The second kappa shape index (κ2) is 17.9. The molecule has 0 saturated heterocycles.